The number of halogens is 1. The van der Waals surface area contributed by atoms with Crippen molar-refractivity contribution in [3.63, 3.8) is 0 Å². The molecule has 0 unspecified atom stereocenters. The van der Waals surface area contributed by atoms with Gasteiger partial charge < -0.3 is 5.11 Å². The van der Waals surface area contributed by atoms with E-state index in [0.29, 0.717) is 17.3 Å². The minimum Gasteiger partial charge on any atom is -0.478 e. The Morgan fingerprint density at radius 1 is 1.00 bits per heavy atom. The molecule has 3 rings (SSSR count). The number of aromatic carboxylic acids is 1. The maximum Gasteiger partial charge on any atom is 0.337 e. The zero-order chi connectivity index (χ0) is 19.3. The second-order valence-corrected chi connectivity index (χ2v) is 6.89. The standard InChI is InChI=1S/C22H20ClNO3/c1-22(16-8-4-2-5-9-16,17-10-6-3-7-11-17)15-27-24-20-13-12-18(23)14-19(20)21(25)26/h2-14,24H,15H2,1H3,(H,25,26). The van der Waals surface area contributed by atoms with Crippen molar-refractivity contribution >= 4 is 23.3 Å². The van der Waals surface area contributed by atoms with Gasteiger partial charge >= 0.3 is 5.97 Å². The van der Waals surface area contributed by atoms with Gasteiger partial charge in [-0.2, -0.15) is 0 Å². The quantitative estimate of drug-likeness (QED) is 0.539. The molecule has 0 radical (unpaired) electrons. The number of carboxylic acid groups (broad SMARTS) is 1. The molecule has 0 spiro atoms. The number of hydrogen-bond acceptors (Lipinski definition) is 3. The van der Waals surface area contributed by atoms with Gasteiger partial charge in [-0.25, -0.2) is 4.79 Å². The second kappa shape index (κ2) is 8.25. The molecule has 0 saturated heterocycles. The van der Waals surface area contributed by atoms with E-state index in [1.807, 2.05) is 36.4 Å². The Morgan fingerprint density at radius 3 is 2.07 bits per heavy atom. The third-order valence-corrected chi connectivity index (χ3v) is 4.81. The Bertz CT molecular complexity index is 874. The fourth-order valence-corrected chi connectivity index (χ4v) is 3.16. The summed E-state index contributed by atoms with van der Waals surface area (Å²) in [6.45, 7) is 2.40. The normalized spacial score (nSPS) is 11.2. The monoisotopic (exact) mass is 381 g/mol. The first-order valence-electron chi connectivity index (χ1n) is 8.52. The van der Waals surface area contributed by atoms with Crippen molar-refractivity contribution in [2.24, 2.45) is 0 Å². The SMILES string of the molecule is CC(CONc1ccc(Cl)cc1C(=O)O)(c1ccccc1)c1ccccc1. The zero-order valence-corrected chi connectivity index (χ0v) is 15.6. The van der Waals surface area contributed by atoms with Gasteiger partial charge in [-0.15, -0.1) is 0 Å². The second-order valence-electron chi connectivity index (χ2n) is 6.45. The van der Waals surface area contributed by atoms with E-state index in [2.05, 4.69) is 36.7 Å². The molecule has 0 amide bonds. The molecule has 27 heavy (non-hydrogen) atoms. The average Bonchev–Trinajstić information content (AvgIpc) is 2.70. The highest BCUT2D eigenvalue weighted by Crippen LogP contribution is 2.32. The Morgan fingerprint density at radius 2 is 1.56 bits per heavy atom. The van der Waals surface area contributed by atoms with Gasteiger partial charge in [-0.1, -0.05) is 72.3 Å². The summed E-state index contributed by atoms with van der Waals surface area (Å²) in [5, 5.41) is 9.71. The van der Waals surface area contributed by atoms with E-state index in [1.165, 1.54) is 6.07 Å². The first-order chi connectivity index (χ1) is 13.0. The third kappa shape index (κ3) is 4.30. The summed E-state index contributed by atoms with van der Waals surface area (Å²) in [7, 11) is 0. The molecule has 3 aromatic carbocycles. The van der Waals surface area contributed by atoms with Gasteiger partial charge in [0.05, 0.1) is 17.9 Å². The maximum atomic E-state index is 11.4. The molecule has 3 aromatic rings. The van der Waals surface area contributed by atoms with Gasteiger partial charge in [0.2, 0.25) is 0 Å². The molecule has 0 fully saturated rings. The molecule has 2 N–H and O–H groups in total. The molecule has 0 aliphatic rings. The molecular weight excluding hydrogens is 362 g/mol. The molecule has 0 aliphatic carbocycles. The third-order valence-electron chi connectivity index (χ3n) is 4.58. The van der Waals surface area contributed by atoms with Crippen LogP contribution >= 0.6 is 11.6 Å². The fraction of sp³-hybridized carbons (Fsp3) is 0.136. The van der Waals surface area contributed by atoms with E-state index in [4.69, 9.17) is 16.4 Å². The average molecular weight is 382 g/mol. The lowest BCUT2D eigenvalue weighted by Crippen LogP contribution is -2.31. The lowest BCUT2D eigenvalue weighted by Gasteiger charge is -2.30. The minimum absolute atomic E-state index is 0.0589. The van der Waals surface area contributed by atoms with Gasteiger partial charge in [0, 0.05) is 10.4 Å². The number of carbonyl (C=O) groups is 1. The predicted octanol–water partition coefficient (Wildman–Crippen LogP) is 5.39. The van der Waals surface area contributed by atoms with Crippen LogP contribution in [0.3, 0.4) is 0 Å². The molecule has 4 nitrogen and oxygen atoms in total. The summed E-state index contributed by atoms with van der Waals surface area (Å²) in [6, 6.07) is 24.7. The van der Waals surface area contributed by atoms with E-state index >= 15 is 0 Å². The summed E-state index contributed by atoms with van der Waals surface area (Å²) in [5.74, 6) is -1.07. The summed E-state index contributed by atoms with van der Waals surface area (Å²) in [6.07, 6.45) is 0. The molecule has 0 heterocycles. The van der Waals surface area contributed by atoms with Crippen molar-refractivity contribution in [2.45, 2.75) is 12.3 Å². The molecular formula is C22H20ClNO3. The first-order valence-corrected chi connectivity index (χ1v) is 8.90. The summed E-state index contributed by atoms with van der Waals surface area (Å²) < 4.78 is 0. The lowest BCUT2D eigenvalue weighted by molar-refractivity contribution is 0.0695. The highest BCUT2D eigenvalue weighted by Gasteiger charge is 2.29. The molecule has 0 aromatic heterocycles. The molecule has 0 saturated carbocycles. The van der Waals surface area contributed by atoms with Gasteiger partial charge in [-0.3, -0.25) is 10.3 Å². The summed E-state index contributed by atoms with van der Waals surface area (Å²) in [5.41, 5.74) is 4.99. The Kier molecular flexibility index (Phi) is 5.79. The fourth-order valence-electron chi connectivity index (χ4n) is 2.99. The van der Waals surface area contributed by atoms with Gasteiger partial charge in [0.15, 0.2) is 0 Å². The van der Waals surface area contributed by atoms with Crippen LogP contribution in [-0.2, 0) is 10.3 Å². The van der Waals surface area contributed by atoms with E-state index < -0.39 is 11.4 Å². The molecule has 0 aliphatic heterocycles. The molecule has 0 atom stereocenters. The van der Waals surface area contributed by atoms with Gasteiger partial charge in [-0.05, 0) is 36.2 Å². The molecule has 5 heteroatoms. The number of nitrogens with one attached hydrogen (secondary N) is 1. The van der Waals surface area contributed by atoms with Crippen LogP contribution in [0, 0.1) is 0 Å². The summed E-state index contributed by atoms with van der Waals surface area (Å²) in [4.78, 5) is 17.2. The van der Waals surface area contributed by atoms with Crippen LogP contribution in [0.1, 0.15) is 28.4 Å². The highest BCUT2D eigenvalue weighted by atomic mass is 35.5. The van der Waals surface area contributed by atoms with E-state index in [-0.39, 0.29) is 5.56 Å². The first kappa shape index (κ1) is 19.0. The van der Waals surface area contributed by atoms with Crippen LogP contribution < -0.4 is 5.48 Å². The van der Waals surface area contributed by atoms with Crippen LogP contribution in [0.5, 0.6) is 0 Å². The minimum atomic E-state index is -1.07. The number of anilines is 1. The van der Waals surface area contributed by atoms with Gasteiger partial charge in [0.25, 0.3) is 0 Å². The zero-order valence-electron chi connectivity index (χ0n) is 14.9. The van der Waals surface area contributed by atoms with Crippen LogP contribution in [0.4, 0.5) is 5.69 Å². The Hall–Kier alpha value is -2.82. The Balaban J connectivity index is 1.84. The number of carboxylic acids is 1. The number of benzene rings is 3. The summed E-state index contributed by atoms with van der Waals surface area (Å²) >= 11 is 5.90. The van der Waals surface area contributed by atoms with Crippen LogP contribution in [0.25, 0.3) is 0 Å². The van der Waals surface area contributed by atoms with Crippen molar-refractivity contribution in [3.05, 3.63) is 101 Å². The molecule has 138 valence electrons. The topological polar surface area (TPSA) is 58.6 Å². The van der Waals surface area contributed by atoms with Crippen LogP contribution in [0.2, 0.25) is 5.02 Å². The van der Waals surface area contributed by atoms with Crippen molar-refractivity contribution < 1.29 is 14.7 Å². The largest absolute Gasteiger partial charge is 0.478 e. The highest BCUT2D eigenvalue weighted by molar-refractivity contribution is 6.31. The molecule has 0 bridgehead atoms. The maximum absolute atomic E-state index is 11.4. The Labute approximate surface area is 163 Å². The van der Waals surface area contributed by atoms with E-state index in [0.717, 1.165) is 11.1 Å². The number of hydrogen-bond donors (Lipinski definition) is 2. The van der Waals surface area contributed by atoms with Crippen LogP contribution in [-0.4, -0.2) is 17.7 Å². The van der Waals surface area contributed by atoms with Crippen molar-refractivity contribution in [1.29, 1.82) is 0 Å². The van der Waals surface area contributed by atoms with Gasteiger partial charge in [0.1, 0.15) is 0 Å². The van der Waals surface area contributed by atoms with Crippen molar-refractivity contribution in [3.8, 4) is 0 Å². The lowest BCUT2D eigenvalue weighted by atomic mass is 9.77. The smallest absolute Gasteiger partial charge is 0.337 e. The van der Waals surface area contributed by atoms with E-state index in [1.54, 1.807) is 12.1 Å². The van der Waals surface area contributed by atoms with Crippen molar-refractivity contribution in [2.75, 3.05) is 12.1 Å². The van der Waals surface area contributed by atoms with Crippen LogP contribution in [0.15, 0.2) is 78.9 Å². The van der Waals surface area contributed by atoms with E-state index in [9.17, 15) is 9.90 Å². The van der Waals surface area contributed by atoms with Crippen molar-refractivity contribution in [1.82, 2.24) is 0 Å². The predicted molar refractivity (Wildman–Crippen MR) is 107 cm³/mol. The number of rotatable bonds is 7.